The average molecular weight is 426 g/mol. The van der Waals surface area contributed by atoms with Crippen LogP contribution >= 0.6 is 24.0 Å². The fraction of sp³-hybridized carbons (Fsp3) is 0.875. The van der Waals surface area contributed by atoms with E-state index in [4.69, 9.17) is 0 Å². The van der Waals surface area contributed by atoms with Gasteiger partial charge in [0.15, 0.2) is 5.96 Å². The fourth-order valence-corrected chi connectivity index (χ4v) is 1.98. The minimum absolute atomic E-state index is 0. The van der Waals surface area contributed by atoms with Gasteiger partial charge in [0.2, 0.25) is 5.91 Å². The Labute approximate surface area is 153 Å². The van der Waals surface area contributed by atoms with Crippen molar-refractivity contribution in [3.8, 4) is 0 Å². The lowest BCUT2D eigenvalue weighted by molar-refractivity contribution is -0.123. The maximum absolute atomic E-state index is 11.4. The summed E-state index contributed by atoms with van der Waals surface area (Å²) in [5, 5.41) is 9.47. The standard InChI is InChI=1S/C16H34N4O.HI/c1-6-8-9-14(7-2)12-20-16(17-5)19-11-10-18-15(21)13(3)4;/h13-14H,6-12H2,1-5H3,(H,18,21)(H2,17,19,20);1H. The number of amides is 1. The lowest BCUT2D eigenvalue weighted by Gasteiger charge is -2.18. The molecule has 0 aromatic rings. The first-order valence-electron chi connectivity index (χ1n) is 8.27. The Kier molecular flexibility index (Phi) is 16.6. The highest BCUT2D eigenvalue weighted by molar-refractivity contribution is 14.0. The van der Waals surface area contributed by atoms with Gasteiger partial charge in [-0.05, 0) is 12.3 Å². The van der Waals surface area contributed by atoms with E-state index in [-0.39, 0.29) is 35.8 Å². The summed E-state index contributed by atoms with van der Waals surface area (Å²) in [6.45, 7) is 10.5. The van der Waals surface area contributed by atoms with Gasteiger partial charge in [0, 0.05) is 32.6 Å². The lowest BCUT2D eigenvalue weighted by atomic mass is 9.99. The summed E-state index contributed by atoms with van der Waals surface area (Å²) in [4.78, 5) is 15.6. The molecule has 22 heavy (non-hydrogen) atoms. The van der Waals surface area contributed by atoms with Gasteiger partial charge in [0.25, 0.3) is 0 Å². The Morgan fingerprint density at radius 3 is 2.23 bits per heavy atom. The van der Waals surface area contributed by atoms with Crippen molar-refractivity contribution < 1.29 is 4.79 Å². The number of rotatable bonds is 10. The van der Waals surface area contributed by atoms with Crippen molar-refractivity contribution in [1.29, 1.82) is 0 Å². The number of nitrogens with zero attached hydrogens (tertiary/aromatic N) is 1. The highest BCUT2D eigenvalue weighted by Gasteiger charge is 2.07. The van der Waals surface area contributed by atoms with Crippen molar-refractivity contribution in [3.63, 3.8) is 0 Å². The molecule has 0 rings (SSSR count). The third-order valence-corrected chi connectivity index (χ3v) is 3.57. The molecule has 1 amide bonds. The first-order valence-corrected chi connectivity index (χ1v) is 8.27. The molecule has 0 aromatic carbocycles. The van der Waals surface area contributed by atoms with Gasteiger partial charge >= 0.3 is 0 Å². The molecule has 0 aliphatic heterocycles. The summed E-state index contributed by atoms with van der Waals surface area (Å²) < 4.78 is 0. The number of halogens is 1. The second-order valence-electron chi connectivity index (χ2n) is 5.74. The van der Waals surface area contributed by atoms with Crippen LogP contribution < -0.4 is 16.0 Å². The van der Waals surface area contributed by atoms with Crippen molar-refractivity contribution in [2.75, 3.05) is 26.7 Å². The molecule has 5 nitrogen and oxygen atoms in total. The Balaban J connectivity index is 0. The van der Waals surface area contributed by atoms with Gasteiger partial charge in [-0.25, -0.2) is 0 Å². The minimum Gasteiger partial charge on any atom is -0.356 e. The number of aliphatic imine (C=N–C) groups is 1. The van der Waals surface area contributed by atoms with Crippen LogP contribution in [-0.2, 0) is 4.79 Å². The zero-order valence-corrected chi connectivity index (χ0v) is 17.2. The van der Waals surface area contributed by atoms with Crippen LogP contribution in [0.15, 0.2) is 4.99 Å². The van der Waals surface area contributed by atoms with E-state index in [1.165, 1.54) is 25.7 Å². The molecule has 6 heteroatoms. The average Bonchev–Trinajstić information content (AvgIpc) is 2.48. The Morgan fingerprint density at radius 2 is 1.73 bits per heavy atom. The van der Waals surface area contributed by atoms with Crippen molar-refractivity contribution in [2.45, 2.75) is 53.4 Å². The largest absolute Gasteiger partial charge is 0.356 e. The summed E-state index contributed by atoms with van der Waals surface area (Å²) in [5.41, 5.74) is 0. The van der Waals surface area contributed by atoms with E-state index >= 15 is 0 Å². The molecule has 132 valence electrons. The predicted octanol–water partition coefficient (Wildman–Crippen LogP) is 2.76. The first kappa shape index (κ1) is 23.7. The van der Waals surface area contributed by atoms with Crippen LogP contribution in [0, 0.1) is 11.8 Å². The van der Waals surface area contributed by atoms with Gasteiger partial charge in [-0.15, -0.1) is 24.0 Å². The zero-order valence-electron chi connectivity index (χ0n) is 14.9. The number of carbonyl (C=O) groups is 1. The maximum Gasteiger partial charge on any atom is 0.222 e. The quantitative estimate of drug-likeness (QED) is 0.218. The van der Waals surface area contributed by atoms with Crippen LogP contribution in [0.1, 0.15) is 53.4 Å². The van der Waals surface area contributed by atoms with Crippen molar-refractivity contribution >= 4 is 35.8 Å². The molecule has 0 bridgehead atoms. The molecule has 0 fully saturated rings. The number of guanidine groups is 1. The van der Waals surface area contributed by atoms with Crippen LogP contribution in [0.25, 0.3) is 0 Å². The van der Waals surface area contributed by atoms with Crippen molar-refractivity contribution in [2.24, 2.45) is 16.8 Å². The third-order valence-electron chi connectivity index (χ3n) is 3.57. The second-order valence-corrected chi connectivity index (χ2v) is 5.74. The Morgan fingerprint density at radius 1 is 1.09 bits per heavy atom. The molecule has 1 atom stereocenters. The first-order chi connectivity index (χ1) is 10.0. The summed E-state index contributed by atoms with van der Waals surface area (Å²) in [5.74, 6) is 1.63. The number of nitrogens with one attached hydrogen (secondary N) is 3. The second kappa shape index (κ2) is 15.4. The third kappa shape index (κ3) is 12.1. The molecule has 1 unspecified atom stereocenters. The maximum atomic E-state index is 11.4. The highest BCUT2D eigenvalue weighted by Crippen LogP contribution is 2.10. The molecule has 0 saturated carbocycles. The molecule has 0 spiro atoms. The minimum atomic E-state index is 0. The van der Waals surface area contributed by atoms with E-state index in [1.54, 1.807) is 7.05 Å². The Hall–Kier alpha value is -0.530. The molecule has 0 heterocycles. The lowest BCUT2D eigenvalue weighted by Crippen LogP contribution is -2.43. The van der Waals surface area contributed by atoms with E-state index in [0.29, 0.717) is 19.0 Å². The molecule has 0 aliphatic carbocycles. The van der Waals surface area contributed by atoms with Crippen LogP contribution in [0.2, 0.25) is 0 Å². The summed E-state index contributed by atoms with van der Waals surface area (Å²) in [6, 6.07) is 0. The smallest absolute Gasteiger partial charge is 0.222 e. The number of unbranched alkanes of at least 4 members (excludes halogenated alkanes) is 1. The van der Waals surface area contributed by atoms with E-state index < -0.39 is 0 Å². The number of carbonyl (C=O) groups excluding carboxylic acids is 1. The molecular formula is C16H35IN4O. The van der Waals surface area contributed by atoms with Gasteiger partial charge in [0.05, 0.1) is 0 Å². The monoisotopic (exact) mass is 426 g/mol. The molecule has 0 saturated heterocycles. The van der Waals surface area contributed by atoms with Gasteiger partial charge in [-0.1, -0.05) is 47.0 Å². The highest BCUT2D eigenvalue weighted by atomic mass is 127. The zero-order chi connectivity index (χ0) is 16.1. The van der Waals surface area contributed by atoms with Gasteiger partial charge in [-0.2, -0.15) is 0 Å². The topological polar surface area (TPSA) is 65.5 Å². The number of hydrogen-bond acceptors (Lipinski definition) is 2. The van der Waals surface area contributed by atoms with Gasteiger partial charge < -0.3 is 16.0 Å². The summed E-state index contributed by atoms with van der Waals surface area (Å²) >= 11 is 0. The molecule has 0 aliphatic rings. The van der Waals surface area contributed by atoms with Gasteiger partial charge in [-0.3, -0.25) is 9.79 Å². The van der Waals surface area contributed by atoms with Crippen LogP contribution in [0.4, 0.5) is 0 Å². The molecule has 0 aromatic heterocycles. The van der Waals surface area contributed by atoms with Gasteiger partial charge in [0.1, 0.15) is 0 Å². The van der Waals surface area contributed by atoms with Crippen molar-refractivity contribution in [3.05, 3.63) is 0 Å². The summed E-state index contributed by atoms with van der Waals surface area (Å²) in [7, 11) is 1.77. The fourth-order valence-electron chi connectivity index (χ4n) is 1.98. The van der Waals surface area contributed by atoms with Crippen LogP contribution in [0.3, 0.4) is 0 Å². The van der Waals surface area contributed by atoms with E-state index in [2.05, 4.69) is 34.8 Å². The van der Waals surface area contributed by atoms with Crippen LogP contribution in [-0.4, -0.2) is 38.5 Å². The Bertz CT molecular complexity index is 309. The van der Waals surface area contributed by atoms with Crippen LogP contribution in [0.5, 0.6) is 0 Å². The van der Waals surface area contributed by atoms with E-state index in [9.17, 15) is 4.79 Å². The van der Waals surface area contributed by atoms with E-state index in [0.717, 1.165) is 12.5 Å². The SMILES string of the molecule is CCCCC(CC)CNC(=NC)NCCNC(=O)C(C)C.I. The molecular weight excluding hydrogens is 391 g/mol. The number of hydrogen-bond donors (Lipinski definition) is 3. The molecule has 0 radical (unpaired) electrons. The normalized spacial score (nSPS) is 12.5. The molecule has 3 N–H and O–H groups in total. The predicted molar refractivity (Wildman–Crippen MR) is 106 cm³/mol. The summed E-state index contributed by atoms with van der Waals surface area (Å²) in [6.07, 6.45) is 4.99. The van der Waals surface area contributed by atoms with E-state index in [1.807, 2.05) is 13.8 Å². The van der Waals surface area contributed by atoms with Crippen molar-refractivity contribution in [1.82, 2.24) is 16.0 Å².